The summed E-state index contributed by atoms with van der Waals surface area (Å²) in [4.78, 5) is 6.52. The van der Waals surface area contributed by atoms with Gasteiger partial charge in [-0.2, -0.15) is 0 Å². The van der Waals surface area contributed by atoms with E-state index in [0.29, 0.717) is 0 Å². The van der Waals surface area contributed by atoms with Crippen molar-refractivity contribution in [3.8, 4) is 0 Å². The normalized spacial score (nSPS) is 10.5. The van der Waals surface area contributed by atoms with E-state index in [1.54, 1.807) is 11.8 Å². The Balaban J connectivity index is 2.15. The summed E-state index contributed by atoms with van der Waals surface area (Å²) < 4.78 is 0. The van der Waals surface area contributed by atoms with Crippen molar-refractivity contribution in [2.24, 2.45) is 0 Å². The highest BCUT2D eigenvalue weighted by Crippen LogP contribution is 2.28. The molecule has 0 saturated heterocycles. The van der Waals surface area contributed by atoms with Crippen molar-refractivity contribution in [2.45, 2.75) is 23.3 Å². The van der Waals surface area contributed by atoms with Gasteiger partial charge in [-0.05, 0) is 49.4 Å². The van der Waals surface area contributed by atoms with Crippen molar-refractivity contribution in [1.82, 2.24) is 10.3 Å². The van der Waals surface area contributed by atoms with Crippen molar-refractivity contribution in [3.63, 3.8) is 0 Å². The van der Waals surface area contributed by atoms with E-state index in [4.69, 9.17) is 0 Å². The average molecular weight is 244 g/mol. The lowest BCUT2D eigenvalue weighted by atomic mass is 10.1. The maximum Gasteiger partial charge on any atom is 0.0279 e. The molecule has 0 radical (unpaired) electrons. The Bertz CT molecular complexity index is 483. The Hall–Kier alpha value is -1.32. The van der Waals surface area contributed by atoms with Crippen LogP contribution in [-0.2, 0) is 6.54 Å². The first kappa shape index (κ1) is 12.1. The molecule has 2 nitrogen and oxygen atoms in total. The predicted molar refractivity (Wildman–Crippen MR) is 72.3 cm³/mol. The van der Waals surface area contributed by atoms with Crippen molar-refractivity contribution >= 4 is 11.8 Å². The first-order chi connectivity index (χ1) is 8.29. The molecule has 2 rings (SSSR count). The van der Waals surface area contributed by atoms with Gasteiger partial charge in [-0.3, -0.25) is 4.98 Å². The van der Waals surface area contributed by atoms with E-state index in [0.717, 1.165) is 6.54 Å². The van der Waals surface area contributed by atoms with Crippen molar-refractivity contribution < 1.29 is 0 Å². The number of aromatic nitrogens is 1. The van der Waals surface area contributed by atoms with Gasteiger partial charge in [0.2, 0.25) is 0 Å². The molecule has 0 aliphatic rings. The monoisotopic (exact) mass is 244 g/mol. The Morgan fingerprint density at radius 3 is 2.53 bits per heavy atom. The smallest absolute Gasteiger partial charge is 0.0279 e. The number of hydrogen-bond donors (Lipinski definition) is 1. The van der Waals surface area contributed by atoms with Gasteiger partial charge in [-0.25, -0.2) is 0 Å². The van der Waals surface area contributed by atoms with E-state index >= 15 is 0 Å². The number of rotatable bonds is 4. The third-order valence-corrected chi connectivity index (χ3v) is 3.56. The summed E-state index contributed by atoms with van der Waals surface area (Å²) in [5, 5.41) is 3.18. The number of benzene rings is 1. The minimum Gasteiger partial charge on any atom is -0.316 e. The third kappa shape index (κ3) is 3.32. The van der Waals surface area contributed by atoms with Gasteiger partial charge in [0, 0.05) is 28.7 Å². The molecule has 0 aliphatic carbocycles. The van der Waals surface area contributed by atoms with Crippen LogP contribution in [0.25, 0.3) is 0 Å². The fourth-order valence-corrected chi connectivity index (χ4v) is 2.56. The van der Waals surface area contributed by atoms with Crippen LogP contribution in [0.1, 0.15) is 11.1 Å². The number of pyridine rings is 1. The molecule has 0 spiro atoms. The fourth-order valence-electron chi connectivity index (χ4n) is 1.66. The largest absolute Gasteiger partial charge is 0.316 e. The van der Waals surface area contributed by atoms with E-state index in [1.165, 1.54) is 20.9 Å². The van der Waals surface area contributed by atoms with E-state index in [1.807, 2.05) is 31.6 Å². The lowest BCUT2D eigenvalue weighted by molar-refractivity contribution is 0.811. The first-order valence-electron chi connectivity index (χ1n) is 5.61. The molecule has 0 amide bonds. The molecule has 2 aromatic rings. The molecule has 88 valence electrons. The SMILES string of the molecule is CNCc1ccc(Sc2ccncc2)cc1C. The second kappa shape index (κ2) is 5.84. The second-order valence-corrected chi connectivity index (χ2v) is 5.05. The first-order valence-corrected chi connectivity index (χ1v) is 6.43. The molecule has 1 aromatic heterocycles. The zero-order valence-corrected chi connectivity index (χ0v) is 10.9. The fraction of sp³-hybridized carbons (Fsp3) is 0.214. The number of hydrogen-bond acceptors (Lipinski definition) is 3. The van der Waals surface area contributed by atoms with Crippen LogP contribution in [0, 0.1) is 6.92 Å². The van der Waals surface area contributed by atoms with Crippen LogP contribution in [0.15, 0.2) is 52.5 Å². The Kier molecular flexibility index (Phi) is 4.18. The molecular formula is C14H16N2S. The van der Waals surface area contributed by atoms with Crippen LogP contribution in [-0.4, -0.2) is 12.0 Å². The minimum absolute atomic E-state index is 0.923. The van der Waals surface area contributed by atoms with E-state index in [9.17, 15) is 0 Å². The molecule has 3 heteroatoms. The Labute approximate surface area is 106 Å². The Morgan fingerprint density at radius 1 is 1.12 bits per heavy atom. The molecule has 0 unspecified atom stereocenters. The van der Waals surface area contributed by atoms with Gasteiger partial charge in [-0.1, -0.05) is 17.8 Å². The van der Waals surface area contributed by atoms with Gasteiger partial charge in [0.15, 0.2) is 0 Å². The van der Waals surface area contributed by atoms with Crippen LogP contribution >= 0.6 is 11.8 Å². The van der Waals surface area contributed by atoms with E-state index in [-0.39, 0.29) is 0 Å². The topological polar surface area (TPSA) is 24.9 Å². The summed E-state index contributed by atoms with van der Waals surface area (Å²) in [6.45, 7) is 3.08. The molecule has 0 atom stereocenters. The molecule has 1 aromatic carbocycles. The summed E-state index contributed by atoms with van der Waals surface area (Å²) in [6, 6.07) is 10.7. The molecule has 0 fully saturated rings. The summed E-state index contributed by atoms with van der Waals surface area (Å²) in [7, 11) is 1.97. The Morgan fingerprint density at radius 2 is 1.88 bits per heavy atom. The van der Waals surface area contributed by atoms with Gasteiger partial charge in [0.05, 0.1) is 0 Å². The number of nitrogens with one attached hydrogen (secondary N) is 1. The summed E-state index contributed by atoms with van der Waals surface area (Å²) >= 11 is 1.77. The third-order valence-electron chi connectivity index (χ3n) is 2.57. The van der Waals surface area contributed by atoms with Gasteiger partial charge < -0.3 is 5.32 Å². The lowest BCUT2D eigenvalue weighted by Gasteiger charge is -2.07. The summed E-state index contributed by atoms with van der Waals surface area (Å²) in [5.74, 6) is 0. The molecule has 0 saturated carbocycles. The van der Waals surface area contributed by atoms with Gasteiger partial charge >= 0.3 is 0 Å². The number of aryl methyl sites for hydroxylation is 1. The summed E-state index contributed by atoms with van der Waals surface area (Å²) in [6.07, 6.45) is 3.65. The highest BCUT2D eigenvalue weighted by atomic mass is 32.2. The van der Waals surface area contributed by atoms with Crippen molar-refractivity contribution in [2.75, 3.05) is 7.05 Å². The average Bonchev–Trinajstić information content (AvgIpc) is 2.34. The molecule has 0 aliphatic heterocycles. The van der Waals surface area contributed by atoms with Gasteiger partial charge in [-0.15, -0.1) is 0 Å². The van der Waals surface area contributed by atoms with Crippen molar-refractivity contribution in [3.05, 3.63) is 53.9 Å². The second-order valence-electron chi connectivity index (χ2n) is 3.90. The quantitative estimate of drug-likeness (QED) is 0.893. The summed E-state index contributed by atoms with van der Waals surface area (Å²) in [5.41, 5.74) is 2.69. The van der Waals surface area contributed by atoms with Crippen molar-refractivity contribution in [1.29, 1.82) is 0 Å². The standard InChI is InChI=1S/C14H16N2S/c1-11-9-14(4-3-12(11)10-15-2)17-13-5-7-16-8-6-13/h3-9,15H,10H2,1-2H3. The zero-order chi connectivity index (χ0) is 12.1. The van der Waals surface area contributed by atoms with Crippen LogP contribution < -0.4 is 5.32 Å². The predicted octanol–water partition coefficient (Wildman–Crippen LogP) is 3.26. The molecule has 1 N–H and O–H groups in total. The zero-order valence-electron chi connectivity index (χ0n) is 10.1. The molecule has 17 heavy (non-hydrogen) atoms. The number of nitrogens with zero attached hydrogens (tertiary/aromatic N) is 1. The maximum atomic E-state index is 4.02. The van der Waals surface area contributed by atoms with Gasteiger partial charge in [0.25, 0.3) is 0 Å². The highest BCUT2D eigenvalue weighted by molar-refractivity contribution is 7.99. The van der Waals surface area contributed by atoms with Crippen LogP contribution in [0.4, 0.5) is 0 Å². The molecule has 1 heterocycles. The van der Waals surface area contributed by atoms with E-state index < -0.39 is 0 Å². The minimum atomic E-state index is 0.923. The van der Waals surface area contributed by atoms with Crippen LogP contribution in [0.2, 0.25) is 0 Å². The maximum absolute atomic E-state index is 4.02. The van der Waals surface area contributed by atoms with Crippen LogP contribution in [0.3, 0.4) is 0 Å². The molecular weight excluding hydrogens is 228 g/mol. The highest BCUT2D eigenvalue weighted by Gasteiger charge is 2.01. The molecule has 0 bridgehead atoms. The van der Waals surface area contributed by atoms with Crippen LogP contribution in [0.5, 0.6) is 0 Å². The van der Waals surface area contributed by atoms with Gasteiger partial charge in [0.1, 0.15) is 0 Å². The lowest BCUT2D eigenvalue weighted by Crippen LogP contribution is -2.06. The van der Waals surface area contributed by atoms with E-state index in [2.05, 4.69) is 35.4 Å².